The van der Waals surface area contributed by atoms with Crippen molar-refractivity contribution in [1.29, 1.82) is 0 Å². The molecule has 0 saturated carbocycles. The lowest BCUT2D eigenvalue weighted by molar-refractivity contribution is -0.115. The molecule has 16 heavy (non-hydrogen) atoms. The molecule has 0 heterocycles. The first-order valence-electron chi connectivity index (χ1n) is 5.64. The van der Waals surface area contributed by atoms with Gasteiger partial charge >= 0.3 is 0 Å². The molecule has 1 nitrogen and oxygen atoms in total. The summed E-state index contributed by atoms with van der Waals surface area (Å²) in [6, 6.07) is 8.32. The van der Waals surface area contributed by atoms with Gasteiger partial charge in [-0.25, -0.2) is 0 Å². The fraction of sp³-hybridized carbons (Fsp3) is 0.357. The third-order valence-corrected chi connectivity index (χ3v) is 4.08. The van der Waals surface area contributed by atoms with Gasteiger partial charge in [0.1, 0.15) is 0 Å². The van der Waals surface area contributed by atoms with Crippen molar-refractivity contribution in [2.24, 2.45) is 0 Å². The second-order valence-corrected chi connectivity index (χ2v) is 5.39. The van der Waals surface area contributed by atoms with Gasteiger partial charge in [0.05, 0.1) is 4.91 Å². The van der Waals surface area contributed by atoms with Gasteiger partial charge in [-0.1, -0.05) is 35.0 Å². The summed E-state index contributed by atoms with van der Waals surface area (Å²) in [7, 11) is 0. The maximum atomic E-state index is 11.8. The predicted molar refractivity (Wildman–Crippen MR) is 68.6 cm³/mol. The average molecular weight is 232 g/mol. The summed E-state index contributed by atoms with van der Waals surface area (Å²) in [6.07, 6.45) is 2.80. The smallest absolute Gasteiger partial charge is 0.169 e. The molecule has 0 atom stereocenters. The topological polar surface area (TPSA) is 17.1 Å². The minimum atomic E-state index is 0.315. The zero-order valence-corrected chi connectivity index (χ0v) is 10.6. The number of hydrogen-bond donors (Lipinski definition) is 0. The van der Waals surface area contributed by atoms with Crippen LogP contribution in [0.5, 0.6) is 0 Å². The Labute approximate surface area is 101 Å². The highest BCUT2D eigenvalue weighted by molar-refractivity contribution is 8.04. The minimum absolute atomic E-state index is 0.315. The van der Waals surface area contributed by atoms with Crippen LogP contribution < -0.4 is 0 Å². The van der Waals surface area contributed by atoms with Gasteiger partial charge in [-0.05, 0) is 38.8 Å². The number of benzene rings is 1. The number of carbonyl (C=O) groups is 1. The molecule has 0 amide bonds. The van der Waals surface area contributed by atoms with Crippen LogP contribution in [0, 0.1) is 6.92 Å². The maximum Gasteiger partial charge on any atom is 0.169 e. The van der Waals surface area contributed by atoms with E-state index in [0.29, 0.717) is 12.2 Å². The van der Waals surface area contributed by atoms with Gasteiger partial charge in [-0.3, -0.25) is 4.79 Å². The lowest BCUT2D eigenvalue weighted by Gasteiger charge is -2.16. The molecule has 0 unspecified atom stereocenters. The largest absolute Gasteiger partial charge is 0.294 e. The first kappa shape index (κ1) is 11.5. The Morgan fingerprint density at radius 3 is 2.69 bits per heavy atom. The van der Waals surface area contributed by atoms with Gasteiger partial charge in [0.15, 0.2) is 5.78 Å². The Bertz CT molecular complexity index is 446. The number of ketones is 1. The first-order valence-corrected chi connectivity index (χ1v) is 6.46. The molecule has 0 aliphatic heterocycles. The molecule has 84 valence electrons. The number of rotatable bonds is 2. The Morgan fingerprint density at radius 2 is 2.00 bits per heavy atom. The molecule has 1 aromatic carbocycles. The van der Waals surface area contributed by atoms with Crippen LogP contribution in [0.2, 0.25) is 0 Å². The van der Waals surface area contributed by atoms with Crippen molar-refractivity contribution in [2.45, 2.75) is 38.0 Å². The molecule has 2 rings (SSSR count). The van der Waals surface area contributed by atoms with Crippen LogP contribution in [0.25, 0.3) is 0 Å². The molecule has 1 aliphatic rings. The number of aryl methyl sites for hydroxylation is 1. The van der Waals surface area contributed by atoms with Crippen molar-refractivity contribution in [3.05, 3.63) is 40.3 Å². The van der Waals surface area contributed by atoms with E-state index in [1.807, 2.05) is 6.07 Å². The summed E-state index contributed by atoms with van der Waals surface area (Å²) >= 11 is 1.62. The van der Waals surface area contributed by atoms with Crippen LogP contribution in [-0.4, -0.2) is 5.78 Å². The molecule has 0 spiro atoms. The van der Waals surface area contributed by atoms with Gasteiger partial charge in [0.2, 0.25) is 0 Å². The highest BCUT2D eigenvalue weighted by atomic mass is 32.2. The minimum Gasteiger partial charge on any atom is -0.294 e. The van der Waals surface area contributed by atoms with Crippen LogP contribution in [0.15, 0.2) is 39.6 Å². The van der Waals surface area contributed by atoms with Crippen LogP contribution in [-0.2, 0) is 4.79 Å². The van der Waals surface area contributed by atoms with Crippen molar-refractivity contribution in [2.75, 3.05) is 0 Å². The zero-order valence-electron chi connectivity index (χ0n) is 9.75. The van der Waals surface area contributed by atoms with Crippen LogP contribution in [0.3, 0.4) is 0 Å². The molecule has 0 saturated heterocycles. The highest BCUT2D eigenvalue weighted by Gasteiger charge is 2.18. The third kappa shape index (κ3) is 2.56. The van der Waals surface area contributed by atoms with E-state index in [1.165, 1.54) is 16.0 Å². The van der Waals surface area contributed by atoms with E-state index >= 15 is 0 Å². The van der Waals surface area contributed by atoms with Crippen molar-refractivity contribution in [3.63, 3.8) is 0 Å². The van der Waals surface area contributed by atoms with E-state index in [-0.39, 0.29) is 0 Å². The summed E-state index contributed by atoms with van der Waals surface area (Å²) < 4.78 is 0. The SMILES string of the molecule is CC1=C(Sc2cccc(C)c2)C(=O)CCC1. The Balaban J connectivity index is 2.23. The number of carbonyl (C=O) groups excluding carboxylic acids is 1. The van der Waals surface area contributed by atoms with Crippen molar-refractivity contribution >= 4 is 17.5 Å². The van der Waals surface area contributed by atoms with E-state index in [0.717, 1.165) is 17.7 Å². The van der Waals surface area contributed by atoms with E-state index in [4.69, 9.17) is 0 Å². The maximum absolute atomic E-state index is 11.8. The van der Waals surface area contributed by atoms with Crippen molar-refractivity contribution < 1.29 is 4.79 Å². The van der Waals surface area contributed by atoms with Crippen LogP contribution in [0.4, 0.5) is 0 Å². The lowest BCUT2D eigenvalue weighted by Crippen LogP contribution is -2.07. The number of hydrogen-bond acceptors (Lipinski definition) is 2. The fourth-order valence-electron chi connectivity index (χ4n) is 1.92. The Morgan fingerprint density at radius 1 is 1.19 bits per heavy atom. The van der Waals surface area contributed by atoms with Crippen LogP contribution in [0.1, 0.15) is 31.7 Å². The van der Waals surface area contributed by atoms with Gasteiger partial charge in [0.25, 0.3) is 0 Å². The molecule has 0 bridgehead atoms. The van der Waals surface area contributed by atoms with Crippen molar-refractivity contribution in [3.8, 4) is 0 Å². The van der Waals surface area contributed by atoms with Crippen LogP contribution >= 0.6 is 11.8 Å². The third-order valence-electron chi connectivity index (χ3n) is 2.81. The predicted octanol–water partition coefficient (Wildman–Crippen LogP) is 4.11. The van der Waals surface area contributed by atoms with Crippen molar-refractivity contribution in [1.82, 2.24) is 0 Å². The summed E-state index contributed by atoms with van der Waals surface area (Å²) in [6.45, 7) is 4.16. The summed E-state index contributed by atoms with van der Waals surface area (Å²) in [5.41, 5.74) is 2.49. The van der Waals surface area contributed by atoms with E-state index < -0.39 is 0 Å². The Kier molecular flexibility index (Phi) is 3.49. The fourth-order valence-corrected chi connectivity index (χ4v) is 3.04. The van der Waals surface area contributed by atoms with Gasteiger partial charge in [-0.2, -0.15) is 0 Å². The molecule has 1 aromatic rings. The molecular formula is C14H16OS. The number of thioether (sulfide) groups is 1. The number of Topliss-reactive ketones (excluding diaryl/α,β-unsaturated/α-hetero) is 1. The second-order valence-electron chi connectivity index (χ2n) is 4.30. The highest BCUT2D eigenvalue weighted by Crippen LogP contribution is 2.35. The quantitative estimate of drug-likeness (QED) is 0.763. The normalized spacial score (nSPS) is 16.8. The molecule has 0 fully saturated rings. The molecular weight excluding hydrogens is 216 g/mol. The molecule has 1 aliphatic carbocycles. The van der Waals surface area contributed by atoms with E-state index in [9.17, 15) is 4.79 Å². The van der Waals surface area contributed by atoms with E-state index in [1.54, 1.807) is 11.8 Å². The Hall–Kier alpha value is -1.02. The van der Waals surface area contributed by atoms with E-state index in [2.05, 4.69) is 32.0 Å². The zero-order chi connectivity index (χ0) is 11.5. The monoisotopic (exact) mass is 232 g/mol. The first-order chi connectivity index (χ1) is 7.66. The average Bonchev–Trinajstić information content (AvgIpc) is 2.24. The van der Waals surface area contributed by atoms with Gasteiger partial charge < -0.3 is 0 Å². The second kappa shape index (κ2) is 4.88. The standard InChI is InChI=1S/C14H16OS/c1-10-5-3-7-12(9-10)16-14-11(2)6-4-8-13(14)15/h3,5,7,9H,4,6,8H2,1-2H3. The summed E-state index contributed by atoms with van der Waals surface area (Å²) in [5, 5.41) is 0. The summed E-state index contributed by atoms with van der Waals surface area (Å²) in [5.74, 6) is 0.315. The lowest BCUT2D eigenvalue weighted by atomic mass is 10.00. The molecule has 2 heteroatoms. The molecule has 0 N–H and O–H groups in total. The molecule has 0 aromatic heterocycles. The molecule has 0 radical (unpaired) electrons. The number of allylic oxidation sites excluding steroid dienone is 2. The van der Waals surface area contributed by atoms with Gasteiger partial charge in [0, 0.05) is 11.3 Å². The summed E-state index contributed by atoms with van der Waals surface area (Å²) in [4.78, 5) is 14.0. The van der Waals surface area contributed by atoms with Gasteiger partial charge in [-0.15, -0.1) is 0 Å².